The standard InChI is InChI=1S/C19H29NO6.C2H6/c1-18(2,22)19(23,24)13-10-20-6-5-11-7-16(25-3)17(26-4)8-12(11)14(20)9-15(13)21;1-2/h7-8,13-15,21-24H,5-6,9-10H2,1-4H3;1-2H3. The number of fused-ring (bicyclic) bond motifs is 3. The van der Waals surface area contributed by atoms with Crippen LogP contribution in [0.15, 0.2) is 12.1 Å². The van der Waals surface area contributed by atoms with Crippen molar-refractivity contribution in [1.82, 2.24) is 4.90 Å². The van der Waals surface area contributed by atoms with Gasteiger partial charge in [0.15, 0.2) is 17.3 Å². The van der Waals surface area contributed by atoms with E-state index in [0.717, 1.165) is 24.1 Å². The fraction of sp³-hybridized carbons (Fsp3) is 0.714. The average Bonchev–Trinajstić information content (AvgIpc) is 2.66. The number of aliphatic hydroxyl groups excluding tert-OH is 1. The number of aliphatic hydroxyl groups is 4. The van der Waals surface area contributed by atoms with E-state index in [-0.39, 0.29) is 12.6 Å². The largest absolute Gasteiger partial charge is 0.493 e. The van der Waals surface area contributed by atoms with Gasteiger partial charge in [-0.25, -0.2) is 0 Å². The molecule has 3 unspecified atom stereocenters. The second kappa shape index (κ2) is 8.55. The fourth-order valence-corrected chi connectivity index (χ4v) is 4.19. The highest BCUT2D eigenvalue weighted by molar-refractivity contribution is 5.49. The Balaban J connectivity index is 0.00000136. The highest BCUT2D eigenvalue weighted by atomic mass is 16.5. The summed E-state index contributed by atoms with van der Waals surface area (Å²) in [5.74, 6) is -1.92. The van der Waals surface area contributed by atoms with E-state index in [1.807, 2.05) is 26.0 Å². The molecule has 0 spiro atoms. The summed E-state index contributed by atoms with van der Waals surface area (Å²) >= 11 is 0. The summed E-state index contributed by atoms with van der Waals surface area (Å²) in [6.45, 7) is 7.71. The third-order valence-corrected chi connectivity index (χ3v) is 5.89. The highest BCUT2D eigenvalue weighted by Crippen LogP contribution is 2.45. The Morgan fingerprint density at radius 2 is 1.61 bits per heavy atom. The molecule has 1 fully saturated rings. The van der Waals surface area contributed by atoms with Gasteiger partial charge in [0.1, 0.15) is 5.60 Å². The Morgan fingerprint density at radius 1 is 1.04 bits per heavy atom. The molecule has 1 saturated heterocycles. The molecule has 2 aliphatic heterocycles. The van der Waals surface area contributed by atoms with Gasteiger partial charge < -0.3 is 29.9 Å². The topological polar surface area (TPSA) is 103 Å². The van der Waals surface area contributed by atoms with Crippen LogP contribution >= 0.6 is 0 Å². The minimum atomic E-state index is -2.38. The van der Waals surface area contributed by atoms with Crippen molar-refractivity contribution >= 4 is 0 Å². The smallest absolute Gasteiger partial charge is 0.198 e. The van der Waals surface area contributed by atoms with Crippen molar-refractivity contribution in [2.45, 2.75) is 64.1 Å². The second-order valence-electron chi connectivity index (χ2n) is 7.86. The first kappa shape index (κ1) is 22.9. The van der Waals surface area contributed by atoms with Gasteiger partial charge >= 0.3 is 0 Å². The number of ether oxygens (including phenoxy) is 2. The monoisotopic (exact) mass is 397 g/mol. The van der Waals surface area contributed by atoms with Crippen LogP contribution in [0.4, 0.5) is 0 Å². The molecule has 2 heterocycles. The minimum Gasteiger partial charge on any atom is -0.493 e. The van der Waals surface area contributed by atoms with Crippen LogP contribution in [-0.2, 0) is 6.42 Å². The number of rotatable bonds is 4. The summed E-state index contributed by atoms with van der Waals surface area (Å²) in [5.41, 5.74) is 0.475. The molecule has 4 N–H and O–H groups in total. The molecule has 1 aromatic rings. The number of hydrogen-bond acceptors (Lipinski definition) is 7. The lowest BCUT2D eigenvalue weighted by molar-refractivity contribution is -0.312. The first-order valence-corrected chi connectivity index (χ1v) is 9.94. The molecule has 28 heavy (non-hydrogen) atoms. The van der Waals surface area contributed by atoms with Crippen molar-refractivity contribution < 1.29 is 29.9 Å². The molecule has 0 amide bonds. The van der Waals surface area contributed by atoms with Gasteiger partial charge in [-0.3, -0.25) is 4.90 Å². The van der Waals surface area contributed by atoms with Crippen molar-refractivity contribution in [3.05, 3.63) is 23.3 Å². The van der Waals surface area contributed by atoms with Crippen LogP contribution < -0.4 is 9.47 Å². The Bertz CT molecular complexity index is 670. The number of benzene rings is 1. The number of methoxy groups -OCH3 is 2. The van der Waals surface area contributed by atoms with Gasteiger partial charge in [-0.2, -0.15) is 0 Å². The van der Waals surface area contributed by atoms with Gasteiger partial charge in [0.05, 0.1) is 26.2 Å². The molecule has 7 heteroatoms. The summed E-state index contributed by atoms with van der Waals surface area (Å²) in [6, 6.07) is 3.88. The molecular weight excluding hydrogens is 362 g/mol. The van der Waals surface area contributed by atoms with Crippen molar-refractivity contribution in [1.29, 1.82) is 0 Å². The average molecular weight is 398 g/mol. The predicted molar refractivity (Wildman–Crippen MR) is 106 cm³/mol. The van der Waals surface area contributed by atoms with E-state index in [2.05, 4.69) is 4.90 Å². The number of hydrogen-bond donors (Lipinski definition) is 4. The van der Waals surface area contributed by atoms with Crippen LogP contribution in [0.2, 0.25) is 0 Å². The maximum absolute atomic E-state index is 10.6. The van der Waals surface area contributed by atoms with E-state index < -0.39 is 23.4 Å². The first-order chi connectivity index (χ1) is 13.1. The van der Waals surface area contributed by atoms with Gasteiger partial charge in [0, 0.05) is 19.1 Å². The van der Waals surface area contributed by atoms with Crippen LogP contribution in [0.1, 0.15) is 51.3 Å². The maximum atomic E-state index is 10.6. The molecule has 0 saturated carbocycles. The number of piperidine rings is 1. The molecule has 0 aliphatic carbocycles. The second-order valence-corrected chi connectivity index (χ2v) is 7.86. The Labute approximate surface area is 167 Å². The Hall–Kier alpha value is -1.38. The lowest BCUT2D eigenvalue weighted by atomic mass is 9.74. The van der Waals surface area contributed by atoms with Crippen molar-refractivity contribution in [3.8, 4) is 11.5 Å². The molecular formula is C21H35NO6. The van der Waals surface area contributed by atoms with Crippen LogP contribution in [0.3, 0.4) is 0 Å². The zero-order valence-electron chi connectivity index (χ0n) is 17.8. The zero-order valence-corrected chi connectivity index (χ0v) is 17.8. The Kier molecular flexibility index (Phi) is 6.99. The summed E-state index contributed by atoms with van der Waals surface area (Å²) in [5, 5.41) is 41.7. The van der Waals surface area contributed by atoms with E-state index in [4.69, 9.17) is 9.47 Å². The van der Waals surface area contributed by atoms with Gasteiger partial charge in [0.2, 0.25) is 0 Å². The normalized spacial score (nSPS) is 25.1. The van der Waals surface area contributed by atoms with Crippen molar-refractivity contribution in [2.75, 3.05) is 27.3 Å². The lowest BCUT2D eigenvalue weighted by Crippen LogP contribution is -2.64. The van der Waals surface area contributed by atoms with Gasteiger partial charge in [-0.1, -0.05) is 13.8 Å². The van der Waals surface area contributed by atoms with Gasteiger partial charge in [-0.15, -0.1) is 0 Å². The lowest BCUT2D eigenvalue weighted by Gasteiger charge is -2.51. The summed E-state index contributed by atoms with van der Waals surface area (Å²) < 4.78 is 10.8. The highest BCUT2D eigenvalue weighted by Gasteiger charge is 2.53. The van der Waals surface area contributed by atoms with Gasteiger partial charge in [-0.05, 0) is 49.9 Å². The van der Waals surface area contributed by atoms with Crippen molar-refractivity contribution in [2.24, 2.45) is 5.92 Å². The third-order valence-electron chi connectivity index (χ3n) is 5.89. The molecule has 3 atom stereocenters. The number of nitrogens with zero attached hydrogens (tertiary/aromatic N) is 1. The SMILES string of the molecule is CC.COc1cc2c(cc1OC)C1CC(O)C(C(O)(O)C(C)(C)O)CN1CC2. The maximum Gasteiger partial charge on any atom is 0.198 e. The first-order valence-electron chi connectivity index (χ1n) is 9.94. The van der Waals surface area contributed by atoms with E-state index in [1.165, 1.54) is 13.8 Å². The van der Waals surface area contributed by atoms with Crippen LogP contribution in [0, 0.1) is 5.92 Å². The minimum absolute atomic E-state index is 0.0394. The molecule has 0 bridgehead atoms. The van der Waals surface area contributed by atoms with Crippen LogP contribution in [-0.4, -0.2) is 70.1 Å². The predicted octanol–water partition coefficient (Wildman–Crippen LogP) is 1.46. The summed E-state index contributed by atoms with van der Waals surface area (Å²) in [6.07, 6.45) is 0.199. The molecule has 0 radical (unpaired) electrons. The molecule has 7 nitrogen and oxygen atoms in total. The van der Waals surface area contributed by atoms with E-state index in [9.17, 15) is 20.4 Å². The van der Waals surface area contributed by atoms with Crippen LogP contribution in [0.5, 0.6) is 11.5 Å². The quantitative estimate of drug-likeness (QED) is 0.571. The molecule has 1 aromatic carbocycles. The van der Waals surface area contributed by atoms with E-state index in [1.54, 1.807) is 14.2 Å². The molecule has 3 rings (SSSR count). The van der Waals surface area contributed by atoms with Gasteiger partial charge in [0.25, 0.3) is 0 Å². The Morgan fingerprint density at radius 3 is 2.14 bits per heavy atom. The molecule has 0 aromatic heterocycles. The summed E-state index contributed by atoms with van der Waals surface area (Å²) in [7, 11) is 3.19. The van der Waals surface area contributed by atoms with Crippen LogP contribution in [0.25, 0.3) is 0 Å². The zero-order chi connectivity index (χ0) is 21.3. The third kappa shape index (κ3) is 4.00. The van der Waals surface area contributed by atoms with E-state index >= 15 is 0 Å². The molecule has 160 valence electrons. The van der Waals surface area contributed by atoms with Crippen molar-refractivity contribution in [3.63, 3.8) is 0 Å². The summed E-state index contributed by atoms with van der Waals surface area (Å²) in [4.78, 5) is 2.14. The fourth-order valence-electron chi connectivity index (χ4n) is 4.19. The van der Waals surface area contributed by atoms with E-state index in [0.29, 0.717) is 17.9 Å². The molecule has 2 aliphatic rings.